The van der Waals surface area contributed by atoms with E-state index in [1.165, 1.54) is 18.2 Å². The number of alkyl halides is 3. The summed E-state index contributed by atoms with van der Waals surface area (Å²) < 4.78 is 68.2. The first-order valence-corrected chi connectivity index (χ1v) is 14.4. The summed E-state index contributed by atoms with van der Waals surface area (Å²) in [6, 6.07) is 20.5. The normalized spacial score (nSPS) is 11.9. The zero-order valence-corrected chi connectivity index (χ0v) is 23.0. The Bertz CT molecular complexity index is 1850. The van der Waals surface area contributed by atoms with E-state index in [0.717, 1.165) is 44.6 Å². The third kappa shape index (κ3) is 5.96. The van der Waals surface area contributed by atoms with Gasteiger partial charge in [0, 0.05) is 16.8 Å². The smallest absolute Gasteiger partial charge is 0.322 e. The van der Waals surface area contributed by atoms with E-state index in [1.54, 1.807) is 23.5 Å². The Morgan fingerprint density at radius 2 is 1.70 bits per heavy atom. The van der Waals surface area contributed by atoms with Crippen molar-refractivity contribution in [2.75, 3.05) is 10.0 Å². The quantitative estimate of drug-likeness (QED) is 0.206. The standard InChI is InChI=1S/C28H19ClF3N3O3S2/c1-16-5-12-23-25(13-16)39-27(34-23)17-6-9-20(10-7-17)33-26(36)18-3-2-4-21(14-18)40(37,38)35-24-15-19(28(30,31)32)8-11-22(24)29/h2-15,35H,1H3,(H,33,36). The summed E-state index contributed by atoms with van der Waals surface area (Å²) in [5.41, 5.74) is 1.94. The largest absolute Gasteiger partial charge is 0.416 e. The van der Waals surface area contributed by atoms with Crippen molar-refractivity contribution in [3.8, 4) is 10.6 Å². The molecule has 204 valence electrons. The Labute approximate surface area is 236 Å². The summed E-state index contributed by atoms with van der Waals surface area (Å²) in [4.78, 5) is 17.2. The zero-order chi connectivity index (χ0) is 28.7. The number of amides is 1. The first-order chi connectivity index (χ1) is 18.9. The minimum atomic E-state index is -4.69. The molecule has 0 spiro atoms. The molecule has 1 heterocycles. The Morgan fingerprint density at radius 3 is 2.42 bits per heavy atom. The number of hydrogen-bond acceptors (Lipinski definition) is 5. The number of fused-ring (bicyclic) bond motifs is 1. The number of benzene rings is 4. The molecule has 2 N–H and O–H groups in total. The fraction of sp³-hybridized carbons (Fsp3) is 0.0714. The van der Waals surface area contributed by atoms with Crippen LogP contribution in [0.15, 0.2) is 89.8 Å². The molecule has 5 rings (SSSR count). The van der Waals surface area contributed by atoms with Crippen molar-refractivity contribution in [1.82, 2.24) is 4.98 Å². The molecule has 12 heteroatoms. The van der Waals surface area contributed by atoms with Crippen LogP contribution >= 0.6 is 22.9 Å². The summed E-state index contributed by atoms with van der Waals surface area (Å²) in [6.07, 6.45) is -4.69. The van der Waals surface area contributed by atoms with E-state index in [2.05, 4.69) is 21.1 Å². The molecule has 0 fully saturated rings. The van der Waals surface area contributed by atoms with Crippen LogP contribution in [0.5, 0.6) is 0 Å². The molecule has 0 radical (unpaired) electrons. The molecule has 1 amide bonds. The molecule has 0 atom stereocenters. The molecular formula is C28H19ClF3N3O3S2. The summed E-state index contributed by atoms with van der Waals surface area (Å²) in [5.74, 6) is -0.572. The number of aromatic nitrogens is 1. The van der Waals surface area contributed by atoms with Crippen LogP contribution in [0.2, 0.25) is 5.02 Å². The second kappa shape index (κ2) is 10.6. The molecule has 1 aromatic heterocycles. The van der Waals surface area contributed by atoms with Gasteiger partial charge in [-0.3, -0.25) is 9.52 Å². The number of thiazole rings is 1. The van der Waals surface area contributed by atoms with Crippen LogP contribution in [0.25, 0.3) is 20.8 Å². The van der Waals surface area contributed by atoms with Gasteiger partial charge in [0.1, 0.15) is 5.01 Å². The number of nitrogens with zero attached hydrogens (tertiary/aromatic N) is 1. The van der Waals surface area contributed by atoms with E-state index >= 15 is 0 Å². The Balaban J connectivity index is 1.32. The molecule has 0 bridgehead atoms. The van der Waals surface area contributed by atoms with Gasteiger partial charge in [-0.05, 0) is 85.3 Å². The van der Waals surface area contributed by atoms with Gasteiger partial charge in [0.2, 0.25) is 0 Å². The maximum absolute atomic E-state index is 13.1. The highest BCUT2D eigenvalue weighted by atomic mass is 35.5. The van der Waals surface area contributed by atoms with E-state index in [1.807, 2.05) is 31.2 Å². The number of halogens is 4. The first kappa shape index (κ1) is 27.6. The van der Waals surface area contributed by atoms with E-state index in [9.17, 15) is 26.4 Å². The summed E-state index contributed by atoms with van der Waals surface area (Å²) in [5, 5.41) is 3.34. The van der Waals surface area contributed by atoms with Crippen molar-refractivity contribution in [2.45, 2.75) is 18.0 Å². The lowest BCUT2D eigenvalue weighted by Crippen LogP contribution is -2.16. The van der Waals surface area contributed by atoms with Crippen LogP contribution in [0.4, 0.5) is 24.5 Å². The lowest BCUT2D eigenvalue weighted by Gasteiger charge is -2.13. The monoisotopic (exact) mass is 601 g/mol. The lowest BCUT2D eigenvalue weighted by molar-refractivity contribution is -0.137. The average molecular weight is 602 g/mol. The van der Waals surface area contributed by atoms with Gasteiger partial charge in [0.25, 0.3) is 15.9 Å². The molecule has 0 aliphatic rings. The van der Waals surface area contributed by atoms with Gasteiger partial charge in [-0.2, -0.15) is 13.2 Å². The number of nitrogens with one attached hydrogen (secondary N) is 2. The van der Waals surface area contributed by atoms with Crippen LogP contribution in [-0.4, -0.2) is 19.3 Å². The Hall–Kier alpha value is -3.93. The van der Waals surface area contributed by atoms with Gasteiger partial charge >= 0.3 is 6.18 Å². The number of hydrogen-bond donors (Lipinski definition) is 2. The second-order valence-electron chi connectivity index (χ2n) is 8.85. The van der Waals surface area contributed by atoms with Crippen LogP contribution in [-0.2, 0) is 16.2 Å². The first-order valence-electron chi connectivity index (χ1n) is 11.7. The molecule has 0 saturated heterocycles. The summed E-state index contributed by atoms with van der Waals surface area (Å²) in [6.45, 7) is 2.02. The number of aryl methyl sites for hydroxylation is 1. The van der Waals surface area contributed by atoms with Crippen molar-refractivity contribution in [3.05, 3.63) is 107 Å². The Morgan fingerprint density at radius 1 is 0.950 bits per heavy atom. The number of carbonyl (C=O) groups excluding carboxylic acids is 1. The predicted octanol–water partition coefficient (Wildman–Crippen LogP) is 8.00. The van der Waals surface area contributed by atoms with E-state index in [-0.39, 0.29) is 15.5 Å². The van der Waals surface area contributed by atoms with Gasteiger partial charge in [-0.1, -0.05) is 23.7 Å². The van der Waals surface area contributed by atoms with Gasteiger partial charge in [-0.25, -0.2) is 13.4 Å². The van der Waals surface area contributed by atoms with E-state index in [0.29, 0.717) is 11.8 Å². The van der Waals surface area contributed by atoms with Gasteiger partial charge < -0.3 is 5.32 Å². The molecule has 0 unspecified atom stereocenters. The average Bonchev–Trinajstić information content (AvgIpc) is 3.33. The maximum Gasteiger partial charge on any atom is 0.416 e. The molecule has 40 heavy (non-hydrogen) atoms. The molecular weight excluding hydrogens is 583 g/mol. The van der Waals surface area contributed by atoms with Crippen molar-refractivity contribution in [2.24, 2.45) is 0 Å². The highest BCUT2D eigenvalue weighted by molar-refractivity contribution is 7.92. The zero-order valence-electron chi connectivity index (χ0n) is 20.6. The van der Waals surface area contributed by atoms with Crippen molar-refractivity contribution in [1.29, 1.82) is 0 Å². The second-order valence-corrected chi connectivity index (χ2v) is 12.0. The van der Waals surface area contributed by atoms with Crippen molar-refractivity contribution < 1.29 is 26.4 Å². The molecule has 0 aliphatic carbocycles. The van der Waals surface area contributed by atoms with Crippen LogP contribution in [0, 0.1) is 6.92 Å². The lowest BCUT2D eigenvalue weighted by atomic mass is 10.2. The van der Waals surface area contributed by atoms with Crippen LogP contribution in [0.1, 0.15) is 21.5 Å². The highest BCUT2D eigenvalue weighted by Gasteiger charge is 2.31. The molecule has 0 aliphatic heterocycles. The summed E-state index contributed by atoms with van der Waals surface area (Å²) >= 11 is 7.49. The third-order valence-electron chi connectivity index (χ3n) is 5.88. The molecule has 4 aromatic carbocycles. The van der Waals surface area contributed by atoms with E-state index < -0.39 is 33.4 Å². The van der Waals surface area contributed by atoms with E-state index in [4.69, 9.17) is 11.6 Å². The van der Waals surface area contributed by atoms with Crippen molar-refractivity contribution in [3.63, 3.8) is 0 Å². The summed E-state index contributed by atoms with van der Waals surface area (Å²) in [7, 11) is -4.36. The minimum Gasteiger partial charge on any atom is -0.322 e. The fourth-order valence-electron chi connectivity index (χ4n) is 3.84. The van der Waals surface area contributed by atoms with Gasteiger partial charge in [-0.15, -0.1) is 11.3 Å². The third-order valence-corrected chi connectivity index (χ3v) is 8.64. The van der Waals surface area contributed by atoms with Crippen molar-refractivity contribution >= 4 is 60.5 Å². The number of anilines is 2. The topological polar surface area (TPSA) is 88.2 Å². The number of sulfonamides is 1. The maximum atomic E-state index is 13.1. The van der Waals surface area contributed by atoms with Gasteiger partial charge in [0.15, 0.2) is 0 Å². The van der Waals surface area contributed by atoms with Crippen LogP contribution < -0.4 is 10.0 Å². The Kier molecular flexibility index (Phi) is 7.30. The molecule has 6 nitrogen and oxygen atoms in total. The predicted molar refractivity (Wildman–Crippen MR) is 151 cm³/mol. The van der Waals surface area contributed by atoms with Crippen LogP contribution in [0.3, 0.4) is 0 Å². The SMILES string of the molecule is Cc1ccc2nc(-c3ccc(NC(=O)c4cccc(S(=O)(=O)Nc5cc(C(F)(F)F)ccc5Cl)c4)cc3)sc2c1. The molecule has 0 saturated carbocycles. The highest BCUT2D eigenvalue weighted by Crippen LogP contribution is 2.35. The fourth-order valence-corrected chi connectivity index (χ4v) is 6.25. The van der Waals surface area contributed by atoms with Gasteiger partial charge in [0.05, 0.1) is 31.4 Å². The molecule has 5 aromatic rings. The number of rotatable bonds is 6. The minimum absolute atomic E-state index is 0.0311. The number of carbonyl (C=O) groups is 1.